The predicted molar refractivity (Wildman–Crippen MR) is 80.5 cm³/mol. The van der Waals surface area contributed by atoms with Gasteiger partial charge in [-0.15, -0.1) is 0 Å². The maximum atomic E-state index is 11.5. The molecule has 5 nitrogen and oxygen atoms in total. The molecule has 0 aromatic heterocycles. The number of esters is 1. The van der Waals surface area contributed by atoms with Crippen molar-refractivity contribution in [3.05, 3.63) is 59.2 Å². The molecular weight excluding hydrogens is 284 g/mol. The van der Waals surface area contributed by atoms with Gasteiger partial charge >= 0.3 is 5.97 Å². The molecule has 114 valence electrons. The molecule has 2 aromatic rings. The van der Waals surface area contributed by atoms with Crippen molar-refractivity contribution in [1.82, 2.24) is 0 Å². The Morgan fingerprint density at radius 2 is 1.95 bits per heavy atom. The van der Waals surface area contributed by atoms with E-state index in [1.807, 2.05) is 6.07 Å². The molecule has 0 aliphatic rings. The maximum Gasteiger partial charge on any atom is 0.337 e. The third kappa shape index (κ3) is 3.63. The van der Waals surface area contributed by atoms with E-state index in [0.717, 1.165) is 5.56 Å². The highest BCUT2D eigenvalue weighted by Gasteiger charge is 2.07. The summed E-state index contributed by atoms with van der Waals surface area (Å²) in [5.41, 5.74) is 1.71. The van der Waals surface area contributed by atoms with Gasteiger partial charge in [-0.25, -0.2) is 4.79 Å². The van der Waals surface area contributed by atoms with E-state index < -0.39 is 5.97 Å². The molecule has 0 atom stereocenters. The standard InChI is InChI=1S/C17H16O5/c1-20-16-7-6-15(9-14(16)10-18)22-11-12-4-3-5-13(8-12)17(19)21-2/h3-10H,11H2,1-2H3. The molecule has 0 saturated heterocycles. The minimum absolute atomic E-state index is 0.273. The Balaban J connectivity index is 2.10. The molecule has 2 aromatic carbocycles. The van der Waals surface area contributed by atoms with Crippen molar-refractivity contribution in [2.75, 3.05) is 14.2 Å². The van der Waals surface area contributed by atoms with E-state index in [2.05, 4.69) is 4.74 Å². The van der Waals surface area contributed by atoms with Gasteiger partial charge in [0.1, 0.15) is 18.1 Å². The number of methoxy groups -OCH3 is 2. The molecule has 2 rings (SSSR count). The molecule has 0 heterocycles. The van der Waals surface area contributed by atoms with Gasteiger partial charge in [0.15, 0.2) is 6.29 Å². The summed E-state index contributed by atoms with van der Waals surface area (Å²) in [6.45, 7) is 0.273. The van der Waals surface area contributed by atoms with Gasteiger partial charge in [-0.2, -0.15) is 0 Å². The highest BCUT2D eigenvalue weighted by molar-refractivity contribution is 5.89. The number of aldehydes is 1. The first-order valence-electron chi connectivity index (χ1n) is 6.61. The molecule has 22 heavy (non-hydrogen) atoms. The fourth-order valence-corrected chi connectivity index (χ4v) is 1.97. The summed E-state index contributed by atoms with van der Waals surface area (Å²) in [4.78, 5) is 22.5. The van der Waals surface area contributed by atoms with Crippen LogP contribution in [0.2, 0.25) is 0 Å². The van der Waals surface area contributed by atoms with Crippen LogP contribution in [0.1, 0.15) is 26.3 Å². The van der Waals surface area contributed by atoms with Crippen LogP contribution in [0.15, 0.2) is 42.5 Å². The molecule has 0 unspecified atom stereocenters. The largest absolute Gasteiger partial charge is 0.496 e. The van der Waals surface area contributed by atoms with Gasteiger partial charge in [0.2, 0.25) is 0 Å². The van der Waals surface area contributed by atoms with Crippen molar-refractivity contribution in [3.63, 3.8) is 0 Å². The molecule has 0 radical (unpaired) electrons. The summed E-state index contributed by atoms with van der Waals surface area (Å²) in [7, 11) is 2.84. The quantitative estimate of drug-likeness (QED) is 0.606. The summed E-state index contributed by atoms with van der Waals surface area (Å²) >= 11 is 0. The van der Waals surface area contributed by atoms with Crippen LogP contribution >= 0.6 is 0 Å². The Morgan fingerprint density at radius 3 is 2.64 bits per heavy atom. The number of rotatable bonds is 6. The Labute approximate surface area is 128 Å². The SMILES string of the molecule is COC(=O)c1cccc(COc2ccc(OC)c(C=O)c2)c1. The third-order valence-corrected chi connectivity index (χ3v) is 3.08. The zero-order chi connectivity index (χ0) is 15.9. The highest BCUT2D eigenvalue weighted by Crippen LogP contribution is 2.23. The number of ether oxygens (including phenoxy) is 3. The van der Waals surface area contributed by atoms with Crippen molar-refractivity contribution in [1.29, 1.82) is 0 Å². The van der Waals surface area contributed by atoms with Crippen molar-refractivity contribution in [2.24, 2.45) is 0 Å². The van der Waals surface area contributed by atoms with Crippen LogP contribution in [-0.4, -0.2) is 26.5 Å². The van der Waals surface area contributed by atoms with E-state index in [1.165, 1.54) is 14.2 Å². The Bertz CT molecular complexity index is 678. The van der Waals surface area contributed by atoms with Crippen molar-refractivity contribution in [3.8, 4) is 11.5 Å². The van der Waals surface area contributed by atoms with Crippen molar-refractivity contribution in [2.45, 2.75) is 6.61 Å². The van der Waals surface area contributed by atoms with Crippen molar-refractivity contribution >= 4 is 12.3 Å². The number of carbonyl (C=O) groups excluding carboxylic acids is 2. The van der Waals surface area contributed by atoms with Crippen LogP contribution < -0.4 is 9.47 Å². The van der Waals surface area contributed by atoms with Gasteiger partial charge in [-0.05, 0) is 35.9 Å². The van der Waals surface area contributed by atoms with Gasteiger partial charge in [0.05, 0.1) is 25.3 Å². The predicted octanol–water partition coefficient (Wildman–Crippen LogP) is 2.87. The number of benzene rings is 2. The summed E-state index contributed by atoms with van der Waals surface area (Å²) in [6, 6.07) is 12.0. The molecule has 0 aliphatic carbocycles. The first kappa shape index (κ1) is 15.6. The molecular formula is C17H16O5. The smallest absolute Gasteiger partial charge is 0.337 e. The Kier molecular flexibility index (Phi) is 5.14. The Morgan fingerprint density at radius 1 is 1.14 bits per heavy atom. The lowest BCUT2D eigenvalue weighted by molar-refractivity contribution is 0.0600. The van der Waals surface area contributed by atoms with Gasteiger partial charge in [0, 0.05) is 0 Å². The highest BCUT2D eigenvalue weighted by atomic mass is 16.5. The maximum absolute atomic E-state index is 11.5. The second kappa shape index (κ2) is 7.26. The topological polar surface area (TPSA) is 61.8 Å². The zero-order valence-corrected chi connectivity index (χ0v) is 12.4. The van der Waals surface area contributed by atoms with Crippen LogP contribution in [-0.2, 0) is 11.3 Å². The summed E-state index contributed by atoms with van der Waals surface area (Å²) in [5, 5.41) is 0. The molecule has 0 saturated carbocycles. The fourth-order valence-electron chi connectivity index (χ4n) is 1.97. The average Bonchev–Trinajstić information content (AvgIpc) is 2.59. The van der Waals surface area contributed by atoms with E-state index in [1.54, 1.807) is 36.4 Å². The number of carbonyl (C=O) groups is 2. The van der Waals surface area contributed by atoms with Crippen LogP contribution in [0.25, 0.3) is 0 Å². The Hall–Kier alpha value is -2.82. The zero-order valence-electron chi connectivity index (χ0n) is 12.4. The monoisotopic (exact) mass is 300 g/mol. The van der Waals surface area contributed by atoms with E-state index in [0.29, 0.717) is 28.9 Å². The van der Waals surface area contributed by atoms with Crippen LogP contribution in [0, 0.1) is 0 Å². The van der Waals surface area contributed by atoms with Gasteiger partial charge < -0.3 is 14.2 Å². The average molecular weight is 300 g/mol. The lowest BCUT2D eigenvalue weighted by Gasteiger charge is -2.09. The molecule has 0 N–H and O–H groups in total. The van der Waals surface area contributed by atoms with E-state index in [-0.39, 0.29) is 6.61 Å². The normalized spacial score (nSPS) is 9.91. The summed E-state index contributed by atoms with van der Waals surface area (Å²) in [6.07, 6.45) is 0.712. The fraction of sp³-hybridized carbons (Fsp3) is 0.176. The summed E-state index contributed by atoms with van der Waals surface area (Å²) in [5.74, 6) is 0.649. The number of hydrogen-bond acceptors (Lipinski definition) is 5. The lowest BCUT2D eigenvalue weighted by Crippen LogP contribution is -2.03. The molecule has 0 spiro atoms. The second-order valence-electron chi connectivity index (χ2n) is 4.50. The van der Waals surface area contributed by atoms with E-state index >= 15 is 0 Å². The van der Waals surface area contributed by atoms with Gasteiger partial charge in [-0.1, -0.05) is 12.1 Å². The van der Waals surface area contributed by atoms with E-state index in [9.17, 15) is 9.59 Å². The minimum Gasteiger partial charge on any atom is -0.496 e. The van der Waals surface area contributed by atoms with E-state index in [4.69, 9.17) is 9.47 Å². The van der Waals surface area contributed by atoms with Crippen molar-refractivity contribution < 1.29 is 23.8 Å². The van der Waals surface area contributed by atoms with Crippen LogP contribution in [0.5, 0.6) is 11.5 Å². The summed E-state index contributed by atoms with van der Waals surface area (Å²) < 4.78 is 15.4. The third-order valence-electron chi connectivity index (χ3n) is 3.08. The lowest BCUT2D eigenvalue weighted by atomic mass is 10.1. The van der Waals surface area contributed by atoms with Gasteiger partial charge in [0.25, 0.3) is 0 Å². The number of hydrogen-bond donors (Lipinski definition) is 0. The first-order chi connectivity index (χ1) is 10.7. The molecule has 5 heteroatoms. The first-order valence-corrected chi connectivity index (χ1v) is 6.61. The molecule has 0 amide bonds. The second-order valence-corrected chi connectivity index (χ2v) is 4.50. The van der Waals surface area contributed by atoms with Crippen LogP contribution in [0.3, 0.4) is 0 Å². The molecule has 0 aliphatic heterocycles. The minimum atomic E-state index is -0.394. The molecule has 0 bridgehead atoms. The molecule has 0 fully saturated rings. The van der Waals surface area contributed by atoms with Crippen LogP contribution in [0.4, 0.5) is 0 Å². The van der Waals surface area contributed by atoms with Gasteiger partial charge in [-0.3, -0.25) is 4.79 Å².